The lowest BCUT2D eigenvalue weighted by molar-refractivity contribution is 0.362. The van der Waals surface area contributed by atoms with E-state index in [0.29, 0.717) is 5.02 Å². The number of rotatable bonds is 9. The third-order valence-electron chi connectivity index (χ3n) is 9.73. The molecule has 0 bridgehead atoms. The van der Waals surface area contributed by atoms with Crippen LogP contribution in [0.25, 0.3) is 16.8 Å². The van der Waals surface area contributed by atoms with Crippen LogP contribution in [0.1, 0.15) is 59.1 Å². The number of benzene rings is 5. The lowest BCUT2D eigenvalue weighted by Crippen LogP contribution is -2.33. The second-order valence-corrected chi connectivity index (χ2v) is 13.6. The molecule has 0 radical (unpaired) electrons. The van der Waals surface area contributed by atoms with Crippen molar-refractivity contribution in [3.8, 4) is 11.3 Å². The van der Waals surface area contributed by atoms with Crippen LogP contribution in [0.5, 0.6) is 0 Å². The van der Waals surface area contributed by atoms with Gasteiger partial charge in [0.15, 0.2) is 0 Å². The van der Waals surface area contributed by atoms with Gasteiger partial charge in [-0.3, -0.25) is 9.67 Å². The molecule has 0 aliphatic rings. The molecule has 2 heterocycles. The van der Waals surface area contributed by atoms with Crippen LogP contribution in [0, 0.1) is 13.8 Å². The number of hydrogen-bond donors (Lipinski definition) is 0. The third-order valence-corrected chi connectivity index (χ3v) is 9.98. The molecule has 0 fully saturated rings. The van der Waals surface area contributed by atoms with Gasteiger partial charge in [-0.05, 0) is 68.1 Å². The molecular formula is C47H45ClN4. The number of nitrogens with zero attached hydrogens (tertiary/aromatic N) is 4. The largest absolute Gasteiger partial charge is 0.373 e. The molecule has 0 unspecified atom stereocenters. The zero-order valence-corrected chi connectivity index (χ0v) is 31.2. The second kappa shape index (κ2) is 16.5. The lowest BCUT2D eigenvalue weighted by Gasteiger charge is -2.31. The van der Waals surface area contributed by atoms with Gasteiger partial charge in [0.05, 0.1) is 17.4 Å². The van der Waals surface area contributed by atoms with Gasteiger partial charge in [0, 0.05) is 46.9 Å². The minimum Gasteiger partial charge on any atom is -0.373 e. The smallest absolute Gasteiger partial charge is 0.110 e. The highest BCUT2D eigenvalue weighted by Gasteiger charge is 2.33. The average Bonchev–Trinajstić information content (AvgIpc) is 3.60. The van der Waals surface area contributed by atoms with E-state index in [9.17, 15) is 0 Å². The van der Waals surface area contributed by atoms with Crippen molar-refractivity contribution >= 4 is 17.2 Å². The van der Waals surface area contributed by atoms with Crippen molar-refractivity contribution in [2.75, 3.05) is 7.05 Å². The van der Waals surface area contributed by atoms with Gasteiger partial charge in [0.2, 0.25) is 0 Å². The summed E-state index contributed by atoms with van der Waals surface area (Å²) in [5.41, 5.74) is 10.1. The molecule has 5 heteroatoms. The molecule has 52 heavy (non-hydrogen) atoms. The molecule has 7 rings (SSSR count). The maximum absolute atomic E-state index is 6.30. The van der Waals surface area contributed by atoms with Gasteiger partial charge in [-0.15, -0.1) is 0 Å². The molecule has 0 amide bonds. The van der Waals surface area contributed by atoms with Crippen molar-refractivity contribution in [3.05, 3.63) is 220 Å². The molecule has 0 aliphatic carbocycles. The fraction of sp³-hybridized carbons (Fsp3) is 0.149. The van der Waals surface area contributed by atoms with E-state index < -0.39 is 5.54 Å². The standard InChI is InChI=1S/C41H39ClN4.C6H6/c1-29-37(39(33-21-23-36(42)24-22-33)27-45(5)31(3)32-15-9-6-10-16-32)25-26-40(43-29)38-28-46(44-30(38)2)41(4,34-17-11-7-12-18-34)35-19-13-8-14-20-35;1-2-4-6-5-3-1/h6-28,31H,1-5H3;1-6H/b39-27-;/t31-;/m1./s1. The number of hydrogen-bond acceptors (Lipinski definition) is 3. The number of aryl methyl sites for hydroxylation is 2. The minimum atomic E-state index is -0.495. The summed E-state index contributed by atoms with van der Waals surface area (Å²) in [5, 5.41) is 5.80. The maximum Gasteiger partial charge on any atom is 0.110 e. The van der Waals surface area contributed by atoms with E-state index in [-0.39, 0.29) is 6.04 Å². The summed E-state index contributed by atoms with van der Waals surface area (Å²) in [7, 11) is 2.12. The summed E-state index contributed by atoms with van der Waals surface area (Å²) < 4.78 is 2.09. The Balaban J connectivity index is 0.000000703. The van der Waals surface area contributed by atoms with Crippen molar-refractivity contribution in [1.29, 1.82) is 0 Å². The van der Waals surface area contributed by atoms with Crippen LogP contribution in [0.15, 0.2) is 176 Å². The van der Waals surface area contributed by atoms with Crippen LogP contribution < -0.4 is 0 Å². The highest BCUT2D eigenvalue weighted by molar-refractivity contribution is 6.30. The summed E-state index contributed by atoms with van der Waals surface area (Å²) >= 11 is 6.30. The molecule has 0 N–H and O–H groups in total. The van der Waals surface area contributed by atoms with Crippen LogP contribution in [0.3, 0.4) is 0 Å². The molecule has 0 saturated carbocycles. The van der Waals surface area contributed by atoms with Gasteiger partial charge in [0.1, 0.15) is 5.54 Å². The Morgan fingerprint density at radius 1 is 0.673 bits per heavy atom. The third kappa shape index (κ3) is 8.09. The van der Waals surface area contributed by atoms with Crippen molar-refractivity contribution in [3.63, 3.8) is 0 Å². The fourth-order valence-corrected chi connectivity index (χ4v) is 6.61. The van der Waals surface area contributed by atoms with E-state index in [2.05, 4.69) is 172 Å². The summed E-state index contributed by atoms with van der Waals surface area (Å²) in [5.74, 6) is 0. The summed E-state index contributed by atoms with van der Waals surface area (Å²) in [4.78, 5) is 7.44. The zero-order valence-electron chi connectivity index (χ0n) is 30.5. The highest BCUT2D eigenvalue weighted by Crippen LogP contribution is 2.36. The van der Waals surface area contributed by atoms with Crippen LogP contribution in [0.2, 0.25) is 5.02 Å². The van der Waals surface area contributed by atoms with Gasteiger partial charge in [-0.1, -0.05) is 157 Å². The summed E-state index contributed by atoms with van der Waals surface area (Å²) in [6, 6.07) is 56.2. The van der Waals surface area contributed by atoms with E-state index in [1.807, 2.05) is 48.5 Å². The predicted molar refractivity (Wildman–Crippen MR) is 217 cm³/mol. The van der Waals surface area contributed by atoms with E-state index in [1.54, 1.807) is 0 Å². The highest BCUT2D eigenvalue weighted by atomic mass is 35.5. The quantitative estimate of drug-likeness (QED) is 0.150. The molecule has 5 aromatic carbocycles. The Morgan fingerprint density at radius 2 is 1.17 bits per heavy atom. The van der Waals surface area contributed by atoms with Crippen LogP contribution in [0.4, 0.5) is 0 Å². The zero-order chi connectivity index (χ0) is 36.5. The molecule has 0 saturated heterocycles. The molecule has 0 spiro atoms. The van der Waals surface area contributed by atoms with Gasteiger partial charge >= 0.3 is 0 Å². The topological polar surface area (TPSA) is 34.0 Å². The van der Waals surface area contributed by atoms with E-state index in [1.165, 1.54) is 16.7 Å². The lowest BCUT2D eigenvalue weighted by atomic mass is 9.85. The maximum atomic E-state index is 6.30. The first kappa shape index (κ1) is 36.1. The normalized spacial score (nSPS) is 12.1. The van der Waals surface area contributed by atoms with Gasteiger partial charge in [0.25, 0.3) is 0 Å². The van der Waals surface area contributed by atoms with Gasteiger partial charge in [-0.25, -0.2) is 0 Å². The van der Waals surface area contributed by atoms with E-state index >= 15 is 0 Å². The fourth-order valence-electron chi connectivity index (χ4n) is 6.49. The SMILES string of the molecule is Cc1nc(-c2cn(C(C)(c3ccccc3)c3ccccc3)nc2C)ccc1/C(=C\N(C)[C@H](C)c1ccccc1)c1ccc(Cl)cc1.c1ccccc1. The first-order valence-corrected chi connectivity index (χ1v) is 18.0. The Labute approximate surface area is 313 Å². The first-order chi connectivity index (χ1) is 25.3. The molecule has 1 atom stereocenters. The van der Waals surface area contributed by atoms with E-state index in [0.717, 1.165) is 39.3 Å². The molecule has 0 aliphatic heterocycles. The van der Waals surface area contributed by atoms with Crippen molar-refractivity contribution < 1.29 is 0 Å². The molecule has 260 valence electrons. The van der Waals surface area contributed by atoms with Crippen LogP contribution >= 0.6 is 11.6 Å². The average molecular weight is 701 g/mol. The van der Waals surface area contributed by atoms with Crippen molar-refractivity contribution in [1.82, 2.24) is 19.7 Å². The monoisotopic (exact) mass is 700 g/mol. The van der Waals surface area contributed by atoms with Crippen molar-refractivity contribution in [2.45, 2.75) is 39.3 Å². The Kier molecular flexibility index (Phi) is 11.5. The van der Waals surface area contributed by atoms with E-state index in [4.69, 9.17) is 21.7 Å². The molecule has 2 aromatic heterocycles. The Morgan fingerprint density at radius 3 is 1.69 bits per heavy atom. The van der Waals surface area contributed by atoms with Gasteiger partial charge in [-0.2, -0.15) is 5.10 Å². The molecule has 4 nitrogen and oxygen atoms in total. The van der Waals surface area contributed by atoms with Crippen LogP contribution in [-0.2, 0) is 5.54 Å². The number of pyridine rings is 1. The predicted octanol–water partition coefficient (Wildman–Crippen LogP) is 11.8. The number of aromatic nitrogens is 3. The van der Waals surface area contributed by atoms with Crippen LogP contribution in [-0.4, -0.2) is 26.7 Å². The Bertz CT molecular complexity index is 2130. The first-order valence-electron chi connectivity index (χ1n) is 17.7. The molecular weight excluding hydrogens is 656 g/mol. The van der Waals surface area contributed by atoms with Crippen molar-refractivity contribution in [2.24, 2.45) is 0 Å². The molecule has 7 aromatic rings. The van der Waals surface area contributed by atoms with Gasteiger partial charge < -0.3 is 4.90 Å². The summed E-state index contributed by atoms with van der Waals surface area (Å²) in [6.07, 6.45) is 4.36. The minimum absolute atomic E-state index is 0.188. The second-order valence-electron chi connectivity index (χ2n) is 13.2. The Hall–Kier alpha value is -5.71. The number of halogens is 1. The summed E-state index contributed by atoms with van der Waals surface area (Å²) in [6.45, 7) is 8.59.